The molecule has 0 aromatic carbocycles. The second-order valence-electron chi connectivity index (χ2n) is 5.59. The van der Waals surface area contributed by atoms with Crippen LogP contribution in [-0.4, -0.2) is 26.4 Å². The number of ether oxygens (including phenoxy) is 2. The first-order chi connectivity index (χ1) is 8.09. The van der Waals surface area contributed by atoms with Gasteiger partial charge in [-0.25, -0.2) is 0 Å². The quantitative estimate of drug-likeness (QED) is 0.451. The average molecular weight is 238 g/mol. The second kappa shape index (κ2) is 6.97. The molecular formula is C15H26O2. The molecule has 2 heteroatoms. The van der Waals surface area contributed by atoms with E-state index >= 15 is 0 Å². The Morgan fingerprint density at radius 2 is 2.06 bits per heavy atom. The molecule has 0 aromatic heterocycles. The van der Waals surface area contributed by atoms with Gasteiger partial charge in [0.15, 0.2) is 0 Å². The normalized spacial score (nSPS) is 24.2. The first-order valence-corrected chi connectivity index (χ1v) is 6.47. The number of hydrogen-bond acceptors (Lipinski definition) is 2. The van der Waals surface area contributed by atoms with E-state index in [2.05, 4.69) is 32.6 Å². The van der Waals surface area contributed by atoms with Crippen molar-refractivity contribution in [1.29, 1.82) is 0 Å². The van der Waals surface area contributed by atoms with E-state index in [1.807, 2.05) is 6.08 Å². The molecule has 1 aliphatic carbocycles. The molecule has 0 amide bonds. The summed E-state index contributed by atoms with van der Waals surface area (Å²) in [6.45, 7) is 9.76. The maximum absolute atomic E-state index is 5.64. The molecule has 2 unspecified atom stereocenters. The van der Waals surface area contributed by atoms with E-state index in [1.165, 1.54) is 6.42 Å². The van der Waals surface area contributed by atoms with Crippen LogP contribution < -0.4 is 0 Å². The SMILES string of the molecule is C=CCC(C)(C)C/C=C/C1CC1OCCOC. The van der Waals surface area contributed by atoms with Gasteiger partial charge in [0.2, 0.25) is 0 Å². The lowest BCUT2D eigenvalue weighted by molar-refractivity contribution is 0.0573. The molecule has 0 aliphatic heterocycles. The summed E-state index contributed by atoms with van der Waals surface area (Å²) in [5.41, 5.74) is 0.333. The zero-order valence-electron chi connectivity index (χ0n) is 11.4. The van der Waals surface area contributed by atoms with Gasteiger partial charge in [0, 0.05) is 13.0 Å². The highest BCUT2D eigenvalue weighted by Crippen LogP contribution is 2.36. The average Bonchev–Trinajstić information content (AvgIpc) is 2.97. The largest absolute Gasteiger partial charge is 0.382 e. The van der Waals surface area contributed by atoms with Gasteiger partial charge in [0.25, 0.3) is 0 Å². The summed E-state index contributed by atoms with van der Waals surface area (Å²) in [6, 6.07) is 0. The van der Waals surface area contributed by atoms with Crippen LogP contribution in [0.25, 0.3) is 0 Å². The fourth-order valence-corrected chi connectivity index (χ4v) is 1.90. The van der Waals surface area contributed by atoms with Gasteiger partial charge in [-0.3, -0.25) is 0 Å². The molecule has 1 aliphatic rings. The van der Waals surface area contributed by atoms with Crippen LogP contribution in [-0.2, 0) is 9.47 Å². The van der Waals surface area contributed by atoms with Gasteiger partial charge in [-0.2, -0.15) is 0 Å². The topological polar surface area (TPSA) is 18.5 Å². The van der Waals surface area contributed by atoms with Crippen molar-refractivity contribution in [3.8, 4) is 0 Å². The highest BCUT2D eigenvalue weighted by molar-refractivity contribution is 5.04. The number of hydrogen-bond donors (Lipinski definition) is 0. The molecule has 2 atom stereocenters. The minimum atomic E-state index is 0.333. The van der Waals surface area contributed by atoms with E-state index in [0.717, 1.165) is 12.8 Å². The van der Waals surface area contributed by atoms with Gasteiger partial charge in [-0.1, -0.05) is 32.1 Å². The van der Waals surface area contributed by atoms with E-state index in [9.17, 15) is 0 Å². The van der Waals surface area contributed by atoms with Crippen LogP contribution in [0.4, 0.5) is 0 Å². The summed E-state index contributed by atoms with van der Waals surface area (Å²) >= 11 is 0. The van der Waals surface area contributed by atoms with E-state index in [1.54, 1.807) is 7.11 Å². The molecule has 0 radical (unpaired) electrons. The van der Waals surface area contributed by atoms with Crippen LogP contribution in [0.15, 0.2) is 24.8 Å². The lowest BCUT2D eigenvalue weighted by Crippen LogP contribution is -2.08. The van der Waals surface area contributed by atoms with Crippen molar-refractivity contribution in [2.24, 2.45) is 11.3 Å². The summed E-state index contributed by atoms with van der Waals surface area (Å²) in [5.74, 6) is 0.631. The maximum Gasteiger partial charge on any atom is 0.0704 e. The Hall–Kier alpha value is -0.600. The van der Waals surface area contributed by atoms with Crippen LogP contribution in [0.2, 0.25) is 0 Å². The van der Waals surface area contributed by atoms with Crippen molar-refractivity contribution in [3.05, 3.63) is 24.8 Å². The van der Waals surface area contributed by atoms with Gasteiger partial charge in [-0.15, -0.1) is 6.58 Å². The molecular weight excluding hydrogens is 212 g/mol. The van der Waals surface area contributed by atoms with Gasteiger partial charge in [0.05, 0.1) is 19.3 Å². The Labute approximate surface area is 106 Å². The Bertz CT molecular complexity index is 256. The zero-order valence-corrected chi connectivity index (χ0v) is 11.4. The fraction of sp³-hybridized carbons (Fsp3) is 0.733. The second-order valence-corrected chi connectivity index (χ2v) is 5.59. The first kappa shape index (κ1) is 14.5. The standard InChI is InChI=1S/C15H26O2/c1-5-8-15(2,3)9-6-7-13-12-14(13)17-11-10-16-4/h5-7,13-14H,1,8-12H2,2-4H3/b7-6+. The highest BCUT2D eigenvalue weighted by atomic mass is 16.5. The van der Waals surface area contributed by atoms with Gasteiger partial charge in [0.1, 0.15) is 0 Å². The Morgan fingerprint density at radius 1 is 1.29 bits per heavy atom. The summed E-state index contributed by atoms with van der Waals surface area (Å²) < 4.78 is 10.6. The van der Waals surface area contributed by atoms with E-state index < -0.39 is 0 Å². The van der Waals surface area contributed by atoms with Crippen molar-refractivity contribution in [3.63, 3.8) is 0 Å². The third-order valence-electron chi connectivity index (χ3n) is 3.15. The first-order valence-electron chi connectivity index (χ1n) is 6.47. The predicted octanol–water partition coefficient (Wildman–Crippen LogP) is 3.59. The van der Waals surface area contributed by atoms with E-state index in [-0.39, 0.29) is 0 Å². The fourth-order valence-electron chi connectivity index (χ4n) is 1.90. The summed E-state index contributed by atoms with van der Waals surface area (Å²) in [5, 5.41) is 0. The molecule has 0 bridgehead atoms. The molecule has 1 rings (SSSR count). The zero-order chi connectivity index (χ0) is 12.7. The van der Waals surface area contributed by atoms with Crippen LogP contribution in [0.3, 0.4) is 0 Å². The smallest absolute Gasteiger partial charge is 0.0704 e. The molecule has 0 aromatic rings. The van der Waals surface area contributed by atoms with Crippen molar-refractivity contribution >= 4 is 0 Å². The molecule has 1 saturated carbocycles. The molecule has 0 heterocycles. The van der Waals surface area contributed by atoms with Crippen molar-refractivity contribution in [2.75, 3.05) is 20.3 Å². The summed E-state index contributed by atoms with van der Waals surface area (Å²) in [6.07, 6.45) is 10.4. The third kappa shape index (κ3) is 6.04. The maximum atomic E-state index is 5.64. The molecule has 2 nitrogen and oxygen atoms in total. The minimum Gasteiger partial charge on any atom is -0.382 e. The Balaban J connectivity index is 2.13. The molecule has 0 spiro atoms. The molecule has 1 fully saturated rings. The van der Waals surface area contributed by atoms with Crippen molar-refractivity contribution in [2.45, 2.75) is 39.2 Å². The monoisotopic (exact) mass is 238 g/mol. The summed E-state index contributed by atoms with van der Waals surface area (Å²) in [4.78, 5) is 0. The molecule has 0 saturated heterocycles. The molecule has 98 valence electrons. The van der Waals surface area contributed by atoms with Gasteiger partial charge >= 0.3 is 0 Å². The molecule has 0 N–H and O–H groups in total. The lowest BCUT2D eigenvalue weighted by Gasteiger charge is -2.20. The van der Waals surface area contributed by atoms with Gasteiger partial charge < -0.3 is 9.47 Å². The third-order valence-corrected chi connectivity index (χ3v) is 3.15. The van der Waals surface area contributed by atoms with Crippen LogP contribution in [0, 0.1) is 11.3 Å². The van der Waals surface area contributed by atoms with Gasteiger partial charge in [-0.05, 0) is 24.7 Å². The van der Waals surface area contributed by atoms with Crippen molar-refractivity contribution in [1.82, 2.24) is 0 Å². The number of rotatable bonds is 9. The van der Waals surface area contributed by atoms with E-state index in [4.69, 9.17) is 9.47 Å². The predicted molar refractivity (Wildman–Crippen MR) is 72.1 cm³/mol. The number of methoxy groups -OCH3 is 1. The van der Waals surface area contributed by atoms with Crippen LogP contribution in [0.1, 0.15) is 33.1 Å². The Morgan fingerprint density at radius 3 is 2.71 bits per heavy atom. The van der Waals surface area contributed by atoms with Crippen LogP contribution >= 0.6 is 0 Å². The highest BCUT2D eigenvalue weighted by Gasteiger charge is 2.35. The van der Waals surface area contributed by atoms with Crippen molar-refractivity contribution < 1.29 is 9.47 Å². The van der Waals surface area contributed by atoms with E-state index in [0.29, 0.717) is 30.7 Å². The van der Waals surface area contributed by atoms with Crippen LogP contribution in [0.5, 0.6) is 0 Å². The Kier molecular flexibility index (Phi) is 5.93. The number of allylic oxidation sites excluding steroid dienone is 2. The lowest BCUT2D eigenvalue weighted by atomic mass is 9.85. The minimum absolute atomic E-state index is 0.333. The summed E-state index contributed by atoms with van der Waals surface area (Å²) in [7, 11) is 1.70. The molecule has 17 heavy (non-hydrogen) atoms.